The minimum absolute atomic E-state index is 0.341. The molecule has 0 bridgehead atoms. The fourth-order valence-electron chi connectivity index (χ4n) is 2.56. The fraction of sp³-hybridized carbons (Fsp3) is 0.526. The van der Waals surface area contributed by atoms with Crippen LogP contribution in [0.3, 0.4) is 0 Å². The zero-order chi connectivity index (χ0) is 18.1. The van der Waals surface area contributed by atoms with Gasteiger partial charge in [0, 0.05) is 36.2 Å². The monoisotopic (exact) mass is 364 g/mol. The van der Waals surface area contributed by atoms with Crippen LogP contribution in [0.15, 0.2) is 34.9 Å². The van der Waals surface area contributed by atoms with Crippen LogP contribution in [0.2, 0.25) is 0 Å². The summed E-state index contributed by atoms with van der Waals surface area (Å²) in [6.45, 7) is 6.72. The number of ether oxygens (including phenoxy) is 1. The van der Waals surface area contributed by atoms with Gasteiger partial charge in [0.1, 0.15) is 5.58 Å². The van der Waals surface area contributed by atoms with Gasteiger partial charge < -0.3 is 9.15 Å². The van der Waals surface area contributed by atoms with Gasteiger partial charge in [-0.05, 0) is 18.9 Å². The Bertz CT molecular complexity index is 651. The van der Waals surface area contributed by atoms with Gasteiger partial charge in [0.15, 0.2) is 0 Å². The fourth-order valence-corrected chi connectivity index (χ4v) is 3.60. The number of methoxy groups -OCH3 is 1. The first kappa shape index (κ1) is 19.7. The Hall–Kier alpha value is -1.66. The molecule has 0 unspecified atom stereocenters. The highest BCUT2D eigenvalue weighted by Gasteiger charge is 2.21. The van der Waals surface area contributed by atoms with Crippen LogP contribution >= 0.6 is 12.1 Å². The van der Waals surface area contributed by atoms with E-state index in [-0.39, 0.29) is 6.09 Å². The Morgan fingerprint density at radius 3 is 2.52 bits per heavy atom. The Labute approximate surface area is 154 Å². The molecule has 5 nitrogen and oxygen atoms in total. The third-order valence-electron chi connectivity index (χ3n) is 3.99. The lowest BCUT2D eigenvalue weighted by molar-refractivity contribution is 0.149. The topological polar surface area (TPSA) is 45.9 Å². The average molecular weight is 365 g/mol. The number of carbonyl (C=O) groups is 1. The SMILES string of the molecule is CCCCN(CCCC)SN(Cc1cccc2ccoc12)C(=O)OC. The van der Waals surface area contributed by atoms with E-state index < -0.39 is 0 Å². The maximum atomic E-state index is 12.3. The second-order valence-electron chi connectivity index (χ2n) is 5.98. The summed E-state index contributed by atoms with van der Waals surface area (Å²) in [5.74, 6) is 0. The molecule has 0 atom stereocenters. The van der Waals surface area contributed by atoms with Crippen LogP contribution in [0.4, 0.5) is 4.79 Å². The molecule has 0 aliphatic rings. The Morgan fingerprint density at radius 1 is 1.16 bits per heavy atom. The van der Waals surface area contributed by atoms with Gasteiger partial charge in [-0.3, -0.25) is 0 Å². The molecule has 1 heterocycles. The van der Waals surface area contributed by atoms with E-state index in [0.29, 0.717) is 6.54 Å². The van der Waals surface area contributed by atoms with Crippen molar-refractivity contribution in [2.75, 3.05) is 20.2 Å². The van der Waals surface area contributed by atoms with Gasteiger partial charge in [0.05, 0.1) is 19.9 Å². The predicted molar refractivity (Wildman–Crippen MR) is 103 cm³/mol. The summed E-state index contributed by atoms with van der Waals surface area (Å²) in [5.41, 5.74) is 1.80. The molecule has 1 aromatic carbocycles. The van der Waals surface area contributed by atoms with Crippen LogP contribution in [0.1, 0.15) is 45.1 Å². The molecule has 0 aliphatic heterocycles. The normalized spacial score (nSPS) is 11.2. The van der Waals surface area contributed by atoms with E-state index in [2.05, 4.69) is 18.2 Å². The number of nitrogens with zero attached hydrogens (tertiary/aromatic N) is 2. The summed E-state index contributed by atoms with van der Waals surface area (Å²) in [4.78, 5) is 12.3. The number of rotatable bonds is 10. The molecule has 1 amide bonds. The molecule has 6 heteroatoms. The van der Waals surface area contributed by atoms with Crippen molar-refractivity contribution in [3.8, 4) is 0 Å². The van der Waals surface area contributed by atoms with Crippen molar-refractivity contribution in [1.29, 1.82) is 0 Å². The Morgan fingerprint density at radius 2 is 1.88 bits per heavy atom. The number of para-hydroxylation sites is 1. The number of carbonyl (C=O) groups excluding carboxylic acids is 1. The molecule has 0 saturated carbocycles. The van der Waals surface area contributed by atoms with Crippen molar-refractivity contribution in [2.24, 2.45) is 0 Å². The zero-order valence-corrected chi connectivity index (χ0v) is 16.2. The zero-order valence-electron chi connectivity index (χ0n) is 15.4. The van der Waals surface area contributed by atoms with Crippen molar-refractivity contribution in [3.05, 3.63) is 36.1 Å². The van der Waals surface area contributed by atoms with Crippen molar-refractivity contribution < 1.29 is 13.9 Å². The molecule has 0 fully saturated rings. The lowest BCUT2D eigenvalue weighted by Gasteiger charge is -2.27. The third-order valence-corrected chi connectivity index (χ3v) is 5.06. The van der Waals surface area contributed by atoms with Gasteiger partial charge in [0.2, 0.25) is 0 Å². The molecule has 0 saturated heterocycles. The summed E-state index contributed by atoms with van der Waals surface area (Å²) < 4.78 is 14.5. The van der Waals surface area contributed by atoms with Crippen LogP contribution in [0, 0.1) is 0 Å². The van der Waals surface area contributed by atoms with Crippen molar-refractivity contribution in [2.45, 2.75) is 46.1 Å². The van der Waals surface area contributed by atoms with Gasteiger partial charge in [-0.1, -0.05) is 44.9 Å². The number of furan rings is 1. The Kier molecular flexibility index (Phi) is 8.15. The average Bonchev–Trinajstić information content (AvgIpc) is 3.12. The van der Waals surface area contributed by atoms with Crippen LogP contribution in [-0.4, -0.2) is 34.9 Å². The van der Waals surface area contributed by atoms with Gasteiger partial charge in [-0.15, -0.1) is 0 Å². The van der Waals surface area contributed by atoms with Gasteiger partial charge >= 0.3 is 6.09 Å². The van der Waals surface area contributed by atoms with Crippen LogP contribution in [-0.2, 0) is 11.3 Å². The number of hydrogen-bond donors (Lipinski definition) is 0. The van der Waals surface area contributed by atoms with E-state index in [1.165, 1.54) is 19.2 Å². The molecule has 0 aliphatic carbocycles. The highest BCUT2D eigenvalue weighted by atomic mass is 32.2. The second-order valence-corrected chi connectivity index (χ2v) is 7.10. The summed E-state index contributed by atoms with van der Waals surface area (Å²) in [7, 11) is 1.42. The minimum Gasteiger partial charge on any atom is -0.464 e. The second kappa shape index (κ2) is 10.4. The highest BCUT2D eigenvalue weighted by molar-refractivity contribution is 7.95. The minimum atomic E-state index is -0.341. The lowest BCUT2D eigenvalue weighted by atomic mass is 10.1. The lowest BCUT2D eigenvalue weighted by Crippen LogP contribution is -2.31. The van der Waals surface area contributed by atoms with E-state index >= 15 is 0 Å². The first-order chi connectivity index (χ1) is 12.2. The van der Waals surface area contributed by atoms with E-state index in [4.69, 9.17) is 9.15 Å². The highest BCUT2D eigenvalue weighted by Crippen LogP contribution is 2.26. The smallest absolute Gasteiger partial charge is 0.420 e. The largest absolute Gasteiger partial charge is 0.464 e. The number of amides is 1. The van der Waals surface area contributed by atoms with Crippen molar-refractivity contribution in [3.63, 3.8) is 0 Å². The van der Waals surface area contributed by atoms with E-state index in [1.54, 1.807) is 10.6 Å². The van der Waals surface area contributed by atoms with Gasteiger partial charge in [0.25, 0.3) is 0 Å². The maximum Gasteiger partial charge on any atom is 0.420 e. The van der Waals surface area contributed by atoms with E-state index in [1.807, 2.05) is 24.3 Å². The standard InChI is InChI=1S/C19H28N2O3S/c1-4-6-12-20(13-7-5-2)25-21(19(22)23-3)15-17-10-8-9-16-11-14-24-18(16)17/h8-11,14H,4-7,12-13,15H2,1-3H3. The van der Waals surface area contributed by atoms with Crippen molar-refractivity contribution in [1.82, 2.24) is 8.61 Å². The molecule has 138 valence electrons. The molecule has 0 N–H and O–H groups in total. The molecule has 2 aromatic rings. The number of benzene rings is 1. The summed E-state index contributed by atoms with van der Waals surface area (Å²) in [5, 5.41) is 1.04. The molecular formula is C19H28N2O3S. The molecule has 25 heavy (non-hydrogen) atoms. The quantitative estimate of drug-likeness (QED) is 0.523. The molecular weight excluding hydrogens is 336 g/mol. The van der Waals surface area contributed by atoms with Crippen LogP contribution in [0.5, 0.6) is 0 Å². The summed E-state index contributed by atoms with van der Waals surface area (Å²) in [6.07, 6.45) is 5.82. The number of unbranched alkanes of at least 4 members (excludes halogenated alkanes) is 2. The first-order valence-corrected chi connectivity index (χ1v) is 9.66. The predicted octanol–water partition coefficient (Wildman–Crippen LogP) is 5.47. The molecule has 2 rings (SSSR count). The van der Waals surface area contributed by atoms with E-state index in [9.17, 15) is 4.79 Å². The van der Waals surface area contributed by atoms with Gasteiger partial charge in [-0.25, -0.2) is 13.4 Å². The number of fused-ring (bicyclic) bond motifs is 1. The first-order valence-electron chi connectivity index (χ1n) is 8.93. The third kappa shape index (κ3) is 5.68. The molecule has 0 radical (unpaired) electrons. The van der Waals surface area contributed by atoms with Gasteiger partial charge in [-0.2, -0.15) is 0 Å². The number of hydrogen-bond acceptors (Lipinski definition) is 5. The van der Waals surface area contributed by atoms with Crippen LogP contribution < -0.4 is 0 Å². The van der Waals surface area contributed by atoms with E-state index in [0.717, 1.165) is 55.3 Å². The maximum absolute atomic E-state index is 12.3. The molecule has 1 aromatic heterocycles. The van der Waals surface area contributed by atoms with Crippen LogP contribution in [0.25, 0.3) is 11.0 Å². The molecule has 0 spiro atoms. The Balaban J connectivity index is 2.14. The summed E-state index contributed by atoms with van der Waals surface area (Å²) in [6, 6.07) is 7.92. The van der Waals surface area contributed by atoms with Crippen molar-refractivity contribution >= 4 is 29.2 Å². The summed E-state index contributed by atoms with van der Waals surface area (Å²) >= 11 is 1.46.